The van der Waals surface area contributed by atoms with Crippen molar-refractivity contribution in [1.29, 1.82) is 0 Å². The molecule has 29 heavy (non-hydrogen) atoms. The Balaban J connectivity index is 1.45. The van der Waals surface area contributed by atoms with Crippen LogP contribution in [0.25, 0.3) is 0 Å². The van der Waals surface area contributed by atoms with E-state index in [9.17, 15) is 17.6 Å². The van der Waals surface area contributed by atoms with Crippen molar-refractivity contribution >= 4 is 15.9 Å². The summed E-state index contributed by atoms with van der Waals surface area (Å²) in [6.07, 6.45) is 4.33. The lowest BCUT2D eigenvalue weighted by atomic mass is 10.1. The lowest BCUT2D eigenvalue weighted by Gasteiger charge is -2.25. The first kappa shape index (κ1) is 21.5. The molecule has 5 nitrogen and oxygen atoms in total. The third-order valence-corrected chi connectivity index (χ3v) is 7.05. The maximum absolute atomic E-state index is 13.1. The highest BCUT2D eigenvalue weighted by atomic mass is 32.2. The summed E-state index contributed by atoms with van der Waals surface area (Å²) in [5, 5.41) is 2.84. The Morgan fingerprint density at radius 2 is 1.69 bits per heavy atom. The monoisotopic (exact) mass is 418 g/mol. The lowest BCUT2D eigenvalue weighted by molar-refractivity contribution is -0.121. The Morgan fingerprint density at radius 3 is 2.38 bits per heavy atom. The van der Waals surface area contributed by atoms with Crippen molar-refractivity contribution in [3.8, 4) is 0 Å². The van der Waals surface area contributed by atoms with Gasteiger partial charge in [-0.1, -0.05) is 30.7 Å². The molecule has 0 bridgehead atoms. The highest BCUT2D eigenvalue weighted by molar-refractivity contribution is 7.89. The highest BCUT2D eigenvalue weighted by Crippen LogP contribution is 2.21. The Kier molecular flexibility index (Phi) is 7.39. The fraction of sp³-hybridized carbons (Fsp3) is 0.409. The van der Waals surface area contributed by atoms with E-state index in [1.807, 2.05) is 6.07 Å². The summed E-state index contributed by atoms with van der Waals surface area (Å²) < 4.78 is 40.0. The van der Waals surface area contributed by atoms with E-state index in [1.165, 1.54) is 12.1 Å². The summed E-state index contributed by atoms with van der Waals surface area (Å²) in [7, 11) is -3.42. The lowest BCUT2D eigenvalue weighted by Crippen LogP contribution is -2.35. The number of benzene rings is 2. The van der Waals surface area contributed by atoms with Crippen LogP contribution >= 0.6 is 0 Å². The van der Waals surface area contributed by atoms with Crippen LogP contribution in [0.5, 0.6) is 0 Å². The average molecular weight is 419 g/mol. The summed E-state index contributed by atoms with van der Waals surface area (Å²) in [6, 6.07) is 13.1. The van der Waals surface area contributed by atoms with Crippen molar-refractivity contribution in [1.82, 2.24) is 9.62 Å². The molecule has 1 amide bonds. The fourth-order valence-electron chi connectivity index (χ4n) is 3.47. The first-order valence-corrected chi connectivity index (χ1v) is 11.5. The molecule has 7 heteroatoms. The molecule has 0 radical (unpaired) electrons. The Morgan fingerprint density at radius 1 is 0.966 bits per heavy atom. The summed E-state index contributed by atoms with van der Waals surface area (Å²) in [5.74, 6) is -0.356. The molecule has 1 heterocycles. The van der Waals surface area contributed by atoms with Gasteiger partial charge in [0.25, 0.3) is 0 Å². The van der Waals surface area contributed by atoms with Gasteiger partial charge >= 0.3 is 0 Å². The smallest absolute Gasteiger partial charge is 0.243 e. The molecule has 156 valence electrons. The van der Waals surface area contributed by atoms with Crippen LogP contribution < -0.4 is 5.32 Å². The van der Waals surface area contributed by atoms with Crippen molar-refractivity contribution in [2.75, 3.05) is 19.6 Å². The molecule has 0 aromatic heterocycles. The molecular formula is C22H27FN2O3S. The van der Waals surface area contributed by atoms with Crippen LogP contribution in [0.4, 0.5) is 4.39 Å². The Bertz CT molecular complexity index is 923. The van der Waals surface area contributed by atoms with E-state index in [1.54, 1.807) is 34.6 Å². The van der Waals surface area contributed by atoms with E-state index in [4.69, 9.17) is 0 Å². The zero-order valence-corrected chi connectivity index (χ0v) is 17.3. The van der Waals surface area contributed by atoms with E-state index in [0.29, 0.717) is 43.8 Å². The van der Waals surface area contributed by atoms with E-state index < -0.39 is 10.0 Å². The number of carbonyl (C=O) groups excluding carboxylic acids is 1. The second-order valence-corrected chi connectivity index (χ2v) is 9.28. The second-order valence-electron chi connectivity index (χ2n) is 7.34. The van der Waals surface area contributed by atoms with Gasteiger partial charge in [0.2, 0.25) is 15.9 Å². The van der Waals surface area contributed by atoms with Crippen molar-refractivity contribution < 1.29 is 17.6 Å². The van der Waals surface area contributed by atoms with Gasteiger partial charge in [0, 0.05) is 26.1 Å². The van der Waals surface area contributed by atoms with Crippen LogP contribution in [-0.4, -0.2) is 38.3 Å². The van der Waals surface area contributed by atoms with Gasteiger partial charge in [0.15, 0.2) is 0 Å². The topological polar surface area (TPSA) is 66.5 Å². The number of hydrogen-bond acceptors (Lipinski definition) is 3. The summed E-state index contributed by atoms with van der Waals surface area (Å²) in [6.45, 7) is 1.62. The number of sulfonamides is 1. The van der Waals surface area contributed by atoms with Gasteiger partial charge < -0.3 is 5.32 Å². The molecule has 0 saturated carbocycles. The number of nitrogens with one attached hydrogen (secondary N) is 1. The Hall–Kier alpha value is -2.25. The van der Waals surface area contributed by atoms with Gasteiger partial charge in [0.05, 0.1) is 4.90 Å². The van der Waals surface area contributed by atoms with Gasteiger partial charge in [-0.05, 0) is 61.1 Å². The van der Waals surface area contributed by atoms with Crippen LogP contribution in [-0.2, 0) is 27.7 Å². The first-order valence-electron chi connectivity index (χ1n) is 10.1. The van der Waals surface area contributed by atoms with Gasteiger partial charge in [0.1, 0.15) is 5.82 Å². The number of hydrogen-bond donors (Lipinski definition) is 1. The highest BCUT2D eigenvalue weighted by Gasteiger charge is 2.25. The van der Waals surface area contributed by atoms with Crippen molar-refractivity contribution in [3.05, 3.63) is 65.5 Å². The zero-order valence-electron chi connectivity index (χ0n) is 16.4. The fourth-order valence-corrected chi connectivity index (χ4v) is 4.98. The van der Waals surface area contributed by atoms with E-state index in [0.717, 1.165) is 30.4 Å². The van der Waals surface area contributed by atoms with Crippen LogP contribution in [0.15, 0.2) is 53.4 Å². The first-order chi connectivity index (χ1) is 13.9. The predicted octanol–water partition coefficient (Wildman–Crippen LogP) is 3.29. The summed E-state index contributed by atoms with van der Waals surface area (Å²) >= 11 is 0. The van der Waals surface area contributed by atoms with Crippen LogP contribution in [0.2, 0.25) is 0 Å². The van der Waals surface area contributed by atoms with E-state index in [2.05, 4.69) is 5.32 Å². The predicted molar refractivity (Wildman–Crippen MR) is 110 cm³/mol. The number of amides is 1. The normalized spacial score (nSPS) is 15.2. The molecule has 1 aliphatic rings. The molecule has 2 aromatic carbocycles. The molecule has 0 atom stereocenters. The van der Waals surface area contributed by atoms with E-state index >= 15 is 0 Å². The average Bonchev–Trinajstić information content (AvgIpc) is 2.73. The summed E-state index contributed by atoms with van der Waals surface area (Å²) in [4.78, 5) is 12.3. The van der Waals surface area contributed by atoms with E-state index in [-0.39, 0.29) is 11.7 Å². The molecular weight excluding hydrogens is 391 g/mol. The van der Waals surface area contributed by atoms with Gasteiger partial charge in [-0.2, -0.15) is 4.31 Å². The van der Waals surface area contributed by atoms with Gasteiger partial charge in [-0.15, -0.1) is 0 Å². The maximum atomic E-state index is 13.1. The van der Waals surface area contributed by atoms with Crippen molar-refractivity contribution in [3.63, 3.8) is 0 Å². The van der Waals surface area contributed by atoms with Gasteiger partial charge in [-0.3, -0.25) is 4.79 Å². The molecule has 3 rings (SSSR count). The van der Waals surface area contributed by atoms with Crippen molar-refractivity contribution in [2.45, 2.75) is 43.4 Å². The minimum Gasteiger partial charge on any atom is -0.356 e. The molecule has 1 fully saturated rings. The number of carbonyl (C=O) groups is 1. The number of nitrogens with zero attached hydrogens (tertiary/aromatic N) is 1. The Labute approximate surface area is 172 Å². The standard InChI is InChI=1S/C22H27FN2O3S/c23-20-6-4-5-19(17-20)13-14-24-22(26)12-9-18-7-10-21(11-8-18)29(27,28)25-15-2-1-3-16-25/h4-8,10-11,17H,1-3,9,12-16H2,(H,24,26). The SMILES string of the molecule is O=C(CCc1ccc(S(=O)(=O)N2CCCCC2)cc1)NCCc1cccc(F)c1. The number of rotatable bonds is 8. The number of piperidine rings is 1. The number of aryl methyl sites for hydroxylation is 1. The van der Waals surface area contributed by atoms with Crippen LogP contribution in [0, 0.1) is 5.82 Å². The molecule has 0 spiro atoms. The van der Waals surface area contributed by atoms with Gasteiger partial charge in [-0.25, -0.2) is 12.8 Å². The van der Waals surface area contributed by atoms with Crippen molar-refractivity contribution in [2.24, 2.45) is 0 Å². The minimum atomic E-state index is -3.42. The third kappa shape index (κ3) is 6.11. The quantitative estimate of drug-likeness (QED) is 0.715. The zero-order chi connectivity index (χ0) is 20.7. The van der Waals surface area contributed by atoms with Crippen LogP contribution in [0.1, 0.15) is 36.8 Å². The molecule has 0 unspecified atom stereocenters. The molecule has 1 saturated heterocycles. The number of halogens is 1. The molecule has 0 aliphatic carbocycles. The third-order valence-electron chi connectivity index (χ3n) is 5.14. The second kappa shape index (κ2) is 9.98. The van der Waals surface area contributed by atoms with Crippen LogP contribution in [0.3, 0.4) is 0 Å². The molecule has 1 N–H and O–H groups in total. The molecule has 2 aromatic rings. The maximum Gasteiger partial charge on any atom is 0.243 e. The molecule has 1 aliphatic heterocycles. The largest absolute Gasteiger partial charge is 0.356 e. The summed E-state index contributed by atoms with van der Waals surface area (Å²) in [5.41, 5.74) is 1.76. The minimum absolute atomic E-state index is 0.0774.